The van der Waals surface area contributed by atoms with Crippen LogP contribution in [0.25, 0.3) is 0 Å². The standard InChI is InChI=1S/C25H28N4O3S/c30-24(29-10-4-5-11-29)20-8-9-22(21(17-20)18-28-12-14-31-15-13-28)32-25-26-23(27-33-25)16-19-6-2-1-3-7-19/h1-3,6-9,17H,4-5,10-16,18H2. The maximum absolute atomic E-state index is 13.0. The first-order chi connectivity index (χ1) is 16.2. The number of nitrogens with zero attached hydrogens (tertiary/aromatic N) is 4. The minimum absolute atomic E-state index is 0.100. The number of carbonyl (C=O) groups is 1. The van der Waals surface area contributed by atoms with Gasteiger partial charge in [-0.3, -0.25) is 9.69 Å². The SMILES string of the molecule is O=C(c1ccc(Oc2nc(Cc3ccccc3)ns2)c(CN2CCOCC2)c1)N1CCCC1. The quantitative estimate of drug-likeness (QED) is 0.527. The Morgan fingerprint density at radius 3 is 2.61 bits per heavy atom. The molecule has 2 saturated heterocycles. The molecule has 3 aromatic rings. The van der Waals surface area contributed by atoms with E-state index in [1.54, 1.807) is 0 Å². The van der Waals surface area contributed by atoms with Crippen LogP contribution in [0.1, 0.15) is 40.2 Å². The Balaban J connectivity index is 1.35. The molecule has 0 aliphatic carbocycles. The molecule has 2 aliphatic heterocycles. The topological polar surface area (TPSA) is 67.8 Å². The predicted molar refractivity (Wildman–Crippen MR) is 127 cm³/mol. The van der Waals surface area contributed by atoms with E-state index in [0.29, 0.717) is 18.2 Å². The van der Waals surface area contributed by atoms with Crippen LogP contribution < -0.4 is 4.74 Å². The monoisotopic (exact) mass is 464 g/mol. The molecule has 2 aromatic carbocycles. The number of hydrogen-bond acceptors (Lipinski definition) is 7. The van der Waals surface area contributed by atoms with Gasteiger partial charge in [0.25, 0.3) is 11.1 Å². The number of ether oxygens (including phenoxy) is 2. The predicted octanol–water partition coefficient (Wildman–Crippen LogP) is 3.99. The zero-order valence-corrected chi connectivity index (χ0v) is 19.4. The maximum atomic E-state index is 13.0. The first kappa shape index (κ1) is 22.0. The second kappa shape index (κ2) is 10.4. The van der Waals surface area contributed by atoms with Gasteiger partial charge in [0.05, 0.1) is 13.2 Å². The van der Waals surface area contributed by atoms with Crippen molar-refractivity contribution in [2.45, 2.75) is 25.8 Å². The van der Waals surface area contributed by atoms with Crippen LogP contribution in [0, 0.1) is 0 Å². The number of hydrogen-bond donors (Lipinski definition) is 0. The van der Waals surface area contributed by atoms with Crippen molar-refractivity contribution in [3.05, 3.63) is 71.0 Å². The first-order valence-electron chi connectivity index (χ1n) is 11.5. The Labute approximate surface area is 198 Å². The molecule has 0 spiro atoms. The Morgan fingerprint density at radius 2 is 1.82 bits per heavy atom. The van der Waals surface area contributed by atoms with Crippen molar-refractivity contribution in [2.75, 3.05) is 39.4 Å². The highest BCUT2D eigenvalue weighted by Gasteiger charge is 2.22. The minimum atomic E-state index is 0.100. The molecule has 1 aromatic heterocycles. The minimum Gasteiger partial charge on any atom is -0.430 e. The zero-order valence-electron chi connectivity index (χ0n) is 18.6. The molecule has 0 N–H and O–H groups in total. The van der Waals surface area contributed by atoms with Crippen LogP contribution in [0.2, 0.25) is 0 Å². The summed E-state index contributed by atoms with van der Waals surface area (Å²) < 4.78 is 16.2. The van der Waals surface area contributed by atoms with Gasteiger partial charge in [0, 0.05) is 61.8 Å². The highest BCUT2D eigenvalue weighted by molar-refractivity contribution is 7.07. The average molecular weight is 465 g/mol. The molecule has 0 atom stereocenters. The summed E-state index contributed by atoms with van der Waals surface area (Å²) in [5.74, 6) is 1.57. The van der Waals surface area contributed by atoms with Crippen molar-refractivity contribution < 1.29 is 14.3 Å². The molecule has 2 aliphatic rings. The van der Waals surface area contributed by atoms with E-state index in [0.717, 1.165) is 74.9 Å². The molecule has 0 radical (unpaired) electrons. The van der Waals surface area contributed by atoms with Gasteiger partial charge in [-0.2, -0.15) is 9.36 Å². The summed E-state index contributed by atoms with van der Waals surface area (Å²) in [4.78, 5) is 21.8. The molecule has 3 heterocycles. The van der Waals surface area contributed by atoms with Crippen LogP contribution >= 0.6 is 11.5 Å². The van der Waals surface area contributed by atoms with Crippen molar-refractivity contribution in [3.8, 4) is 10.9 Å². The van der Waals surface area contributed by atoms with Crippen molar-refractivity contribution in [1.29, 1.82) is 0 Å². The Morgan fingerprint density at radius 1 is 1.03 bits per heavy atom. The second-order valence-corrected chi connectivity index (χ2v) is 9.17. The van der Waals surface area contributed by atoms with Crippen LogP contribution in [0.4, 0.5) is 0 Å². The summed E-state index contributed by atoms with van der Waals surface area (Å²) in [5.41, 5.74) is 2.87. The highest BCUT2D eigenvalue weighted by atomic mass is 32.1. The van der Waals surface area contributed by atoms with Gasteiger partial charge in [-0.15, -0.1) is 0 Å². The van der Waals surface area contributed by atoms with E-state index >= 15 is 0 Å². The van der Waals surface area contributed by atoms with Gasteiger partial charge in [0.1, 0.15) is 5.75 Å². The van der Waals surface area contributed by atoms with E-state index in [1.165, 1.54) is 17.1 Å². The molecule has 7 nitrogen and oxygen atoms in total. The van der Waals surface area contributed by atoms with Crippen molar-refractivity contribution in [3.63, 3.8) is 0 Å². The largest absolute Gasteiger partial charge is 0.430 e. The fourth-order valence-electron chi connectivity index (χ4n) is 4.26. The van der Waals surface area contributed by atoms with Crippen molar-refractivity contribution in [2.24, 2.45) is 0 Å². The smallest absolute Gasteiger partial charge is 0.298 e. The molecular weight excluding hydrogens is 436 g/mol. The molecule has 5 rings (SSSR count). The molecular formula is C25H28N4O3S. The molecule has 0 saturated carbocycles. The third-order valence-corrected chi connectivity index (χ3v) is 6.68. The van der Waals surface area contributed by atoms with Gasteiger partial charge in [-0.1, -0.05) is 30.3 Å². The molecule has 33 heavy (non-hydrogen) atoms. The van der Waals surface area contributed by atoms with Gasteiger partial charge in [-0.25, -0.2) is 0 Å². The van der Waals surface area contributed by atoms with E-state index in [2.05, 4.69) is 26.4 Å². The number of morpholine rings is 1. The number of likely N-dealkylation sites (tertiary alicyclic amines) is 1. The Bertz CT molecular complexity index is 1080. The summed E-state index contributed by atoms with van der Waals surface area (Å²) >= 11 is 1.26. The molecule has 0 unspecified atom stereocenters. The van der Waals surface area contributed by atoms with E-state index in [4.69, 9.17) is 9.47 Å². The summed E-state index contributed by atoms with van der Waals surface area (Å²) in [6.45, 7) is 5.56. The van der Waals surface area contributed by atoms with Gasteiger partial charge in [0.2, 0.25) is 0 Å². The van der Waals surface area contributed by atoms with Gasteiger partial charge < -0.3 is 14.4 Å². The van der Waals surface area contributed by atoms with Crippen molar-refractivity contribution >= 4 is 17.4 Å². The zero-order chi connectivity index (χ0) is 22.5. The van der Waals surface area contributed by atoms with Crippen LogP contribution in [0.5, 0.6) is 10.9 Å². The van der Waals surface area contributed by atoms with E-state index in [1.807, 2.05) is 41.3 Å². The van der Waals surface area contributed by atoms with Crippen LogP contribution in [-0.4, -0.2) is 64.5 Å². The maximum Gasteiger partial charge on any atom is 0.298 e. The Hall–Kier alpha value is -2.81. The van der Waals surface area contributed by atoms with E-state index in [9.17, 15) is 4.79 Å². The van der Waals surface area contributed by atoms with E-state index in [-0.39, 0.29) is 5.91 Å². The lowest BCUT2D eigenvalue weighted by Crippen LogP contribution is -2.35. The number of carbonyl (C=O) groups excluding carboxylic acids is 1. The molecule has 0 bridgehead atoms. The summed E-state index contributed by atoms with van der Waals surface area (Å²) in [7, 11) is 0. The lowest BCUT2D eigenvalue weighted by atomic mass is 10.1. The van der Waals surface area contributed by atoms with Gasteiger partial charge in [-0.05, 0) is 36.6 Å². The molecule has 8 heteroatoms. The lowest BCUT2D eigenvalue weighted by molar-refractivity contribution is 0.0339. The average Bonchev–Trinajstić information content (AvgIpc) is 3.54. The third kappa shape index (κ3) is 5.58. The summed E-state index contributed by atoms with van der Waals surface area (Å²) in [5, 5.41) is 0.516. The van der Waals surface area contributed by atoms with Crippen LogP contribution in [0.3, 0.4) is 0 Å². The fourth-order valence-corrected chi connectivity index (χ4v) is 4.82. The molecule has 1 amide bonds. The summed E-state index contributed by atoms with van der Waals surface area (Å²) in [6.07, 6.45) is 2.83. The first-order valence-corrected chi connectivity index (χ1v) is 12.3. The fraction of sp³-hybridized carbons (Fsp3) is 0.400. The molecule has 172 valence electrons. The summed E-state index contributed by atoms with van der Waals surface area (Å²) in [6, 6.07) is 15.9. The van der Waals surface area contributed by atoms with Crippen molar-refractivity contribution in [1.82, 2.24) is 19.2 Å². The third-order valence-electron chi connectivity index (χ3n) is 6.05. The van der Waals surface area contributed by atoms with E-state index < -0.39 is 0 Å². The highest BCUT2D eigenvalue weighted by Crippen LogP contribution is 2.30. The number of rotatable bonds is 7. The normalized spacial score (nSPS) is 16.8. The lowest BCUT2D eigenvalue weighted by Gasteiger charge is -2.27. The number of benzene rings is 2. The second-order valence-electron chi connectivity index (χ2n) is 8.45. The number of amides is 1. The molecule has 2 fully saturated rings. The van der Waals surface area contributed by atoms with Crippen LogP contribution in [0.15, 0.2) is 48.5 Å². The number of aromatic nitrogens is 2. The van der Waals surface area contributed by atoms with Crippen LogP contribution in [-0.2, 0) is 17.7 Å². The van der Waals surface area contributed by atoms with Gasteiger partial charge >= 0.3 is 0 Å². The Kier molecular flexibility index (Phi) is 6.95. The van der Waals surface area contributed by atoms with Gasteiger partial charge in [0.15, 0.2) is 5.82 Å².